The number of aryl methyl sites for hydroxylation is 1. The van der Waals surface area contributed by atoms with Gasteiger partial charge in [-0.1, -0.05) is 35.4 Å². The van der Waals surface area contributed by atoms with Crippen LogP contribution in [0.1, 0.15) is 35.4 Å². The summed E-state index contributed by atoms with van der Waals surface area (Å²) in [4.78, 5) is 0.0301. The van der Waals surface area contributed by atoms with Crippen LogP contribution in [0.25, 0.3) is 5.69 Å². The second-order valence-corrected chi connectivity index (χ2v) is 9.53. The van der Waals surface area contributed by atoms with Gasteiger partial charge < -0.3 is 0 Å². The molecule has 164 valence electrons. The smallest absolute Gasteiger partial charge is 0.277 e. The number of hydrogen-bond acceptors (Lipinski definition) is 3. The van der Waals surface area contributed by atoms with Gasteiger partial charge in [0.15, 0.2) is 5.69 Å². The Labute approximate surface area is 182 Å². The number of halogens is 4. The van der Waals surface area contributed by atoms with E-state index < -0.39 is 21.9 Å². The summed E-state index contributed by atoms with van der Waals surface area (Å²) in [7, 11) is -3.99. The third kappa shape index (κ3) is 4.16. The highest BCUT2D eigenvalue weighted by Gasteiger charge is 2.40. The topological polar surface area (TPSA) is 64.0 Å². The van der Waals surface area contributed by atoms with E-state index in [0.717, 1.165) is 10.2 Å². The van der Waals surface area contributed by atoms with Crippen molar-refractivity contribution in [3.05, 3.63) is 70.0 Å². The van der Waals surface area contributed by atoms with Crippen LogP contribution in [0.4, 0.5) is 18.9 Å². The molecule has 10 heteroatoms. The van der Waals surface area contributed by atoms with E-state index in [-0.39, 0.29) is 33.3 Å². The van der Waals surface area contributed by atoms with E-state index in [4.69, 9.17) is 11.6 Å². The lowest BCUT2D eigenvalue weighted by Crippen LogP contribution is -2.16. The summed E-state index contributed by atoms with van der Waals surface area (Å²) in [5.74, 6) is 0. The molecule has 0 spiro atoms. The van der Waals surface area contributed by atoms with Crippen LogP contribution in [-0.4, -0.2) is 18.2 Å². The lowest BCUT2D eigenvalue weighted by molar-refractivity contribution is -0.142. The number of fused-ring (bicyclic) bond motifs is 1. The molecule has 0 unspecified atom stereocenters. The number of nitrogens with zero attached hydrogens (tertiary/aromatic N) is 2. The maximum absolute atomic E-state index is 13.6. The van der Waals surface area contributed by atoms with Crippen LogP contribution in [0.3, 0.4) is 0 Å². The summed E-state index contributed by atoms with van der Waals surface area (Å²) in [5.41, 5.74) is 0.624. The molecule has 0 aliphatic heterocycles. The highest BCUT2D eigenvalue weighted by molar-refractivity contribution is 7.92. The van der Waals surface area contributed by atoms with E-state index in [1.165, 1.54) is 30.3 Å². The number of anilines is 1. The number of para-hydroxylation sites is 1. The van der Waals surface area contributed by atoms with Gasteiger partial charge in [-0.15, -0.1) is 0 Å². The molecule has 0 fully saturated rings. The van der Waals surface area contributed by atoms with Crippen LogP contribution in [-0.2, 0) is 29.0 Å². The van der Waals surface area contributed by atoms with Gasteiger partial charge in [0.05, 0.1) is 15.6 Å². The first-order chi connectivity index (χ1) is 14.6. The monoisotopic (exact) mass is 469 g/mol. The molecular weight excluding hydrogens is 451 g/mol. The zero-order chi connectivity index (χ0) is 22.4. The Morgan fingerprint density at radius 2 is 1.74 bits per heavy atom. The van der Waals surface area contributed by atoms with Crippen molar-refractivity contribution in [3.8, 4) is 5.69 Å². The number of aromatic nitrogens is 2. The number of sulfonamides is 1. The molecule has 1 aliphatic carbocycles. The summed E-state index contributed by atoms with van der Waals surface area (Å²) in [6.07, 6.45) is -2.61. The summed E-state index contributed by atoms with van der Waals surface area (Å²) in [5, 5.41) is 3.93. The zero-order valence-corrected chi connectivity index (χ0v) is 18.1. The van der Waals surface area contributed by atoms with Gasteiger partial charge >= 0.3 is 6.18 Å². The maximum atomic E-state index is 13.6. The lowest BCUT2D eigenvalue weighted by Gasteiger charge is -2.18. The highest BCUT2D eigenvalue weighted by Crippen LogP contribution is 2.39. The Morgan fingerprint density at radius 3 is 2.42 bits per heavy atom. The minimum Gasteiger partial charge on any atom is -0.277 e. The third-order valence-electron chi connectivity index (χ3n) is 5.22. The van der Waals surface area contributed by atoms with E-state index in [2.05, 4.69) is 9.82 Å². The number of hydrogen-bond donors (Lipinski definition) is 1. The molecule has 0 bridgehead atoms. The minimum absolute atomic E-state index is 0.0301. The van der Waals surface area contributed by atoms with Crippen molar-refractivity contribution in [1.82, 2.24) is 9.78 Å². The molecule has 1 aliphatic rings. The van der Waals surface area contributed by atoms with Crippen LogP contribution in [0.5, 0.6) is 0 Å². The van der Waals surface area contributed by atoms with Crippen molar-refractivity contribution in [2.45, 2.75) is 43.7 Å². The van der Waals surface area contributed by atoms with Gasteiger partial charge in [0.25, 0.3) is 10.0 Å². The SMILES string of the molecule is Cc1ccc(S(=O)(=O)Nc2cccc(Cl)c2-n2nc(C(F)(F)F)c3c2CCCC3)cc1. The van der Waals surface area contributed by atoms with Crippen molar-refractivity contribution in [2.24, 2.45) is 0 Å². The molecule has 0 atom stereocenters. The molecule has 1 aromatic heterocycles. The molecule has 0 amide bonds. The number of benzene rings is 2. The summed E-state index contributed by atoms with van der Waals surface area (Å²) < 4.78 is 70.2. The van der Waals surface area contributed by atoms with Crippen molar-refractivity contribution in [1.29, 1.82) is 0 Å². The Bertz CT molecular complexity index is 1240. The first kappa shape index (κ1) is 21.7. The molecule has 31 heavy (non-hydrogen) atoms. The third-order valence-corrected chi connectivity index (χ3v) is 6.91. The van der Waals surface area contributed by atoms with Crippen molar-refractivity contribution in [3.63, 3.8) is 0 Å². The second-order valence-electron chi connectivity index (χ2n) is 7.45. The Morgan fingerprint density at radius 1 is 1.06 bits per heavy atom. The molecule has 1 N–H and O–H groups in total. The Hall–Kier alpha value is -2.52. The summed E-state index contributed by atoms with van der Waals surface area (Å²) in [6.45, 7) is 1.83. The molecule has 4 rings (SSSR count). The molecule has 5 nitrogen and oxygen atoms in total. The number of nitrogens with one attached hydrogen (secondary N) is 1. The Balaban J connectivity index is 1.85. The van der Waals surface area contributed by atoms with E-state index in [1.807, 2.05) is 6.92 Å². The van der Waals surface area contributed by atoms with Crippen LogP contribution in [0, 0.1) is 6.92 Å². The number of rotatable bonds is 4. The number of alkyl halides is 3. The van der Waals surface area contributed by atoms with E-state index >= 15 is 0 Å². The van der Waals surface area contributed by atoms with Crippen LogP contribution in [0.2, 0.25) is 5.02 Å². The van der Waals surface area contributed by atoms with Gasteiger partial charge in [-0.25, -0.2) is 13.1 Å². The first-order valence-corrected chi connectivity index (χ1v) is 11.5. The predicted octanol–water partition coefficient (Wildman–Crippen LogP) is 5.53. The summed E-state index contributed by atoms with van der Waals surface area (Å²) >= 11 is 6.35. The van der Waals surface area contributed by atoms with Crippen LogP contribution >= 0.6 is 11.6 Å². The highest BCUT2D eigenvalue weighted by atomic mass is 35.5. The fourth-order valence-corrected chi connectivity index (χ4v) is 5.07. The average Bonchev–Trinajstić information content (AvgIpc) is 3.08. The molecular formula is C21H19ClF3N3O2S. The van der Waals surface area contributed by atoms with Crippen molar-refractivity contribution >= 4 is 27.3 Å². The minimum atomic E-state index is -4.62. The standard InChI is InChI=1S/C21H19ClF3N3O2S/c1-13-9-11-14(12-10-13)31(29,30)27-17-7-4-6-16(22)19(17)28-18-8-3-2-5-15(18)20(26-28)21(23,24)25/h4,6-7,9-12,27H,2-3,5,8H2,1H3. The first-order valence-electron chi connectivity index (χ1n) is 9.64. The molecule has 0 radical (unpaired) electrons. The van der Waals surface area contributed by atoms with Gasteiger partial charge in [-0.05, 0) is 56.9 Å². The molecule has 2 aromatic carbocycles. The van der Waals surface area contributed by atoms with E-state index in [9.17, 15) is 21.6 Å². The van der Waals surface area contributed by atoms with Crippen LogP contribution < -0.4 is 4.72 Å². The molecule has 3 aromatic rings. The van der Waals surface area contributed by atoms with Gasteiger partial charge in [0.1, 0.15) is 5.69 Å². The van der Waals surface area contributed by atoms with E-state index in [1.54, 1.807) is 12.1 Å². The van der Waals surface area contributed by atoms with Crippen LogP contribution in [0.15, 0.2) is 47.4 Å². The fraction of sp³-hybridized carbons (Fsp3) is 0.286. The lowest BCUT2D eigenvalue weighted by atomic mass is 9.95. The fourth-order valence-electron chi connectivity index (χ4n) is 3.75. The molecule has 1 heterocycles. The van der Waals surface area contributed by atoms with Gasteiger partial charge in [-0.2, -0.15) is 18.3 Å². The predicted molar refractivity (Wildman–Crippen MR) is 112 cm³/mol. The van der Waals surface area contributed by atoms with Gasteiger partial charge in [-0.3, -0.25) is 4.72 Å². The maximum Gasteiger partial charge on any atom is 0.435 e. The molecule has 0 saturated carbocycles. The van der Waals surface area contributed by atoms with E-state index in [0.29, 0.717) is 25.0 Å². The van der Waals surface area contributed by atoms with Crippen molar-refractivity contribution < 1.29 is 21.6 Å². The quantitative estimate of drug-likeness (QED) is 0.546. The van der Waals surface area contributed by atoms with Gasteiger partial charge in [0.2, 0.25) is 0 Å². The van der Waals surface area contributed by atoms with Crippen molar-refractivity contribution in [2.75, 3.05) is 4.72 Å². The largest absolute Gasteiger partial charge is 0.435 e. The average molecular weight is 470 g/mol. The summed E-state index contributed by atoms with van der Waals surface area (Å²) in [6, 6.07) is 10.7. The second kappa shape index (κ2) is 7.87. The normalized spacial score (nSPS) is 14.4. The van der Waals surface area contributed by atoms with Gasteiger partial charge in [0, 0.05) is 11.3 Å². The Kier molecular flexibility index (Phi) is 5.51. The molecule has 0 saturated heterocycles. The zero-order valence-electron chi connectivity index (χ0n) is 16.5.